The number of aromatic nitrogens is 2. The van der Waals surface area contributed by atoms with Crippen molar-refractivity contribution < 1.29 is 83.1 Å². The number of carboxylic acids is 1. The van der Waals surface area contributed by atoms with E-state index in [1.165, 1.54) is 10.9 Å². The summed E-state index contributed by atoms with van der Waals surface area (Å²) in [7, 11) is 3.67. The number of aliphatic carboxylic acids is 1. The number of nitrogens with one attached hydrogen (secondary N) is 1. The van der Waals surface area contributed by atoms with Gasteiger partial charge in [-0.1, -0.05) is 60.7 Å². The summed E-state index contributed by atoms with van der Waals surface area (Å²) < 4.78 is 126. The Morgan fingerprint density at radius 1 is 0.659 bits per heavy atom. The van der Waals surface area contributed by atoms with Crippen molar-refractivity contribution in [2.75, 3.05) is 89.8 Å². The number of carboxylic acid groups (broad SMARTS) is 1. The Labute approximate surface area is 491 Å². The molecule has 454 valence electrons. The highest BCUT2D eigenvalue weighted by Gasteiger charge is 2.40. The molecule has 4 aliphatic rings. The largest absolute Gasteiger partial charge is 0.490 e. The van der Waals surface area contributed by atoms with E-state index in [4.69, 9.17) is 25.1 Å². The second kappa shape index (κ2) is 27.7. The van der Waals surface area contributed by atoms with Crippen molar-refractivity contribution >= 4 is 46.3 Å². The summed E-state index contributed by atoms with van der Waals surface area (Å²) >= 11 is 1.97. The molecule has 2 fully saturated rings. The van der Waals surface area contributed by atoms with Gasteiger partial charge in [0.05, 0.1) is 23.7 Å². The number of hydrogen-bond donors (Lipinski definition) is 4. The maximum atomic E-state index is 14.1. The molecule has 1 unspecified atom stereocenters. The van der Waals surface area contributed by atoms with Crippen LogP contribution < -0.4 is 41.4 Å². The van der Waals surface area contributed by atoms with Crippen LogP contribution in [-0.4, -0.2) is 149 Å². The predicted molar refractivity (Wildman–Crippen MR) is 294 cm³/mol. The molecule has 2 saturated heterocycles. The molecule has 0 aliphatic carbocycles. The Bertz CT molecular complexity index is 3520. The molecule has 1 atom stereocenters. The average Bonchev–Trinajstić information content (AvgIpc) is 1.55. The van der Waals surface area contributed by atoms with Crippen molar-refractivity contribution in [3.8, 4) is 11.5 Å². The van der Waals surface area contributed by atoms with Gasteiger partial charge in [-0.15, -0.1) is 0 Å². The number of ether oxygens (including phenoxy) is 2. The molecule has 4 aromatic carbocycles. The molecule has 4 bridgehead atoms. The first-order valence-electron chi connectivity index (χ1n) is 25.7. The number of benzene rings is 4. The minimum Gasteiger partial charge on any atom is -0.482 e. The fourth-order valence-electron chi connectivity index (χ4n) is 8.76. The lowest BCUT2D eigenvalue weighted by Crippen LogP contribution is -2.62. The monoisotopic (exact) mass is 1310 g/mol. The smallest absolute Gasteiger partial charge is 0.482 e. The number of carbonyl (C=O) groups is 4. The third-order valence-electron chi connectivity index (χ3n) is 13.5. The van der Waals surface area contributed by atoms with Gasteiger partial charge < -0.3 is 40.3 Å². The van der Waals surface area contributed by atoms with Crippen LogP contribution in [0.15, 0.2) is 107 Å². The second-order valence-corrected chi connectivity index (χ2v) is 20.8. The Morgan fingerprint density at radius 3 is 1.59 bits per heavy atom. The van der Waals surface area contributed by atoms with Crippen molar-refractivity contribution in [1.82, 2.24) is 29.4 Å². The molecular formula is C55H55F9IN10O10+. The molecule has 6 heterocycles. The minimum absolute atomic E-state index is 0.00101. The SMILES string of the molecule is CN1CCN2CN(CC1)n1cc(C(=O)NCc3c(F)cc(F)cc3F)c(=O)c(OCc3ccccc3)c1C2=O.C[N+]1(O)CCN2CN(CC1)n1cc(I)c(=O)c(OCc3ccccc3)c1C2=O.NCc1c(F)cc(F)cc1F.O=C(O)C(F)(F)F. The van der Waals surface area contributed by atoms with Gasteiger partial charge >= 0.3 is 12.1 Å². The third kappa shape index (κ3) is 16.0. The summed E-state index contributed by atoms with van der Waals surface area (Å²) in [4.78, 5) is 80.4. The number of nitrogens with two attached hydrogens (primary N) is 1. The predicted octanol–water partition coefficient (Wildman–Crippen LogP) is 5.50. The quantitative estimate of drug-likeness (QED) is 0.0756. The van der Waals surface area contributed by atoms with Crippen LogP contribution in [-0.2, 0) is 31.1 Å². The van der Waals surface area contributed by atoms with Gasteiger partial charge in [0.2, 0.25) is 10.9 Å². The Morgan fingerprint density at radius 2 is 1.09 bits per heavy atom. The maximum Gasteiger partial charge on any atom is 0.490 e. The summed E-state index contributed by atoms with van der Waals surface area (Å²) in [5.41, 5.74) is 4.59. The first-order valence-corrected chi connectivity index (χ1v) is 26.7. The van der Waals surface area contributed by atoms with Crippen LogP contribution in [0.25, 0.3) is 0 Å². The van der Waals surface area contributed by atoms with Gasteiger partial charge in [-0.25, -0.2) is 36.3 Å². The second-order valence-electron chi connectivity index (χ2n) is 19.6. The molecule has 2 aromatic heterocycles. The average molecular weight is 1310 g/mol. The fourth-order valence-corrected chi connectivity index (χ4v) is 9.26. The van der Waals surface area contributed by atoms with Gasteiger partial charge in [0.15, 0.2) is 22.9 Å². The molecule has 85 heavy (non-hydrogen) atoms. The van der Waals surface area contributed by atoms with Gasteiger partial charge in [0.25, 0.3) is 17.7 Å². The number of hydrogen-bond acceptors (Lipinski definition) is 13. The number of rotatable bonds is 10. The zero-order valence-corrected chi connectivity index (χ0v) is 47.4. The number of carbonyl (C=O) groups excluding carboxylic acids is 3. The van der Waals surface area contributed by atoms with Crippen molar-refractivity contribution in [2.24, 2.45) is 5.73 Å². The van der Waals surface area contributed by atoms with Crippen LogP contribution in [0.2, 0.25) is 0 Å². The molecule has 5 N–H and O–H groups in total. The fraction of sp³-hybridized carbons (Fsp3) is 0.309. The first-order chi connectivity index (χ1) is 40.2. The lowest BCUT2D eigenvalue weighted by atomic mass is 10.1. The normalized spacial score (nSPS) is 16.5. The van der Waals surface area contributed by atoms with Gasteiger partial charge in [0.1, 0.15) is 80.1 Å². The minimum atomic E-state index is -5.08. The number of fused-ring (bicyclic) bond motifs is 8. The topological polar surface area (TPSA) is 225 Å². The highest BCUT2D eigenvalue weighted by atomic mass is 127. The van der Waals surface area contributed by atoms with E-state index in [2.05, 4.69) is 10.2 Å². The lowest BCUT2D eigenvalue weighted by molar-refractivity contribution is -1.09. The van der Waals surface area contributed by atoms with E-state index in [9.17, 15) is 68.7 Å². The number of quaternary nitrogens is 1. The van der Waals surface area contributed by atoms with Crippen LogP contribution in [0, 0.1) is 38.5 Å². The van der Waals surface area contributed by atoms with Crippen molar-refractivity contribution in [3.63, 3.8) is 0 Å². The maximum absolute atomic E-state index is 14.1. The molecular weight excluding hydrogens is 1260 g/mol. The molecule has 10 rings (SSSR count). The standard InChI is InChI=1S/C27H26F3N5O4.C19H22IN4O4.C7H6F3N.C2HF3O2/c1-32-7-9-33-16-34(10-8-32)35-14-20(26(37)31-13-19-21(29)11-18(28)12-22(19)30)24(36)25(23(35)27(33)38)39-15-17-5-3-2-4-6-17;1-24(27)9-7-21-13-22(8-10-24)23-11-15(20)17(25)18(16(23)19(21)26)28-12-14-5-3-2-4-6-14;8-4-1-6(9)5(3-11)7(10)2-4;3-2(4,5)1(6)7/h2-6,11-12,14H,7-10,13,15-16H2,1H3,(H,31,37);2-6,11,27H,7-10,12-13H2,1H3;1-2H,3,11H2;(H,6,7)/q;+1;;. The van der Waals surface area contributed by atoms with Crippen molar-refractivity contribution in [1.29, 1.82) is 0 Å². The number of likely N-dealkylation sites (N-methyl/N-ethyl adjacent to an activating group) is 2. The molecule has 3 amide bonds. The summed E-state index contributed by atoms with van der Waals surface area (Å²) in [6.45, 7) is 4.10. The molecule has 0 radical (unpaired) electrons. The Hall–Kier alpha value is -8.20. The first kappa shape index (κ1) is 64.4. The number of alkyl halides is 3. The van der Waals surface area contributed by atoms with Gasteiger partial charge in [0, 0.05) is 87.1 Å². The summed E-state index contributed by atoms with van der Waals surface area (Å²) in [6.07, 6.45) is -2.16. The van der Waals surface area contributed by atoms with Gasteiger partial charge in [-0.3, -0.25) is 43.3 Å². The van der Waals surface area contributed by atoms with Crippen LogP contribution in [0.5, 0.6) is 11.5 Å². The van der Waals surface area contributed by atoms with Crippen LogP contribution in [0.3, 0.4) is 0 Å². The van der Waals surface area contributed by atoms with Crippen molar-refractivity contribution in [3.05, 3.63) is 195 Å². The highest BCUT2D eigenvalue weighted by Crippen LogP contribution is 2.27. The van der Waals surface area contributed by atoms with E-state index < -0.39 is 76.4 Å². The van der Waals surface area contributed by atoms with Gasteiger partial charge in [-0.2, -0.15) is 17.8 Å². The highest BCUT2D eigenvalue weighted by molar-refractivity contribution is 14.1. The molecule has 0 spiro atoms. The molecule has 30 heteroatoms. The van der Waals surface area contributed by atoms with E-state index in [-0.39, 0.29) is 76.4 Å². The van der Waals surface area contributed by atoms with Crippen LogP contribution >= 0.6 is 22.6 Å². The van der Waals surface area contributed by atoms with E-state index in [1.54, 1.807) is 52.0 Å². The van der Waals surface area contributed by atoms with Crippen LogP contribution in [0.1, 0.15) is 53.6 Å². The van der Waals surface area contributed by atoms with E-state index >= 15 is 0 Å². The number of amides is 3. The van der Waals surface area contributed by atoms with E-state index in [1.807, 2.05) is 76.1 Å². The van der Waals surface area contributed by atoms with Crippen molar-refractivity contribution in [2.45, 2.75) is 32.5 Å². The zero-order chi connectivity index (χ0) is 62.1. The Balaban J connectivity index is 0.000000194. The van der Waals surface area contributed by atoms with E-state index in [0.29, 0.717) is 86.9 Å². The van der Waals surface area contributed by atoms with E-state index in [0.717, 1.165) is 11.1 Å². The summed E-state index contributed by atoms with van der Waals surface area (Å²) in [5, 5.41) is 23.6. The number of pyridine rings is 2. The van der Waals surface area contributed by atoms with Gasteiger partial charge in [-0.05, 0) is 40.8 Å². The molecule has 4 aliphatic heterocycles. The zero-order valence-electron chi connectivity index (χ0n) is 45.2. The number of hydroxylamine groups is 3. The third-order valence-corrected chi connectivity index (χ3v) is 14.2. The number of halogens is 10. The summed E-state index contributed by atoms with van der Waals surface area (Å²) in [5.74, 6) is -10.8. The summed E-state index contributed by atoms with van der Waals surface area (Å²) in [6, 6.07) is 20.8. The molecule has 0 saturated carbocycles. The Kier molecular flexibility index (Phi) is 21.0. The molecule has 20 nitrogen and oxygen atoms in total. The number of nitrogens with zero attached hydrogens (tertiary/aromatic N) is 8. The van der Waals surface area contributed by atoms with Crippen LogP contribution in [0.4, 0.5) is 39.5 Å². The lowest BCUT2D eigenvalue weighted by Gasteiger charge is -2.43. The molecule has 6 aromatic rings.